The van der Waals surface area contributed by atoms with Gasteiger partial charge in [0.1, 0.15) is 33.5 Å². The molecule has 0 aliphatic carbocycles. The molecule has 0 aliphatic rings. The van der Waals surface area contributed by atoms with Crippen molar-refractivity contribution in [1.29, 1.82) is 5.26 Å². The Kier molecular flexibility index (Phi) is 6.50. The van der Waals surface area contributed by atoms with Crippen molar-refractivity contribution in [3.05, 3.63) is 175 Å². The largest absolute Gasteiger partial charge is 0.456 e. The van der Waals surface area contributed by atoms with Crippen LogP contribution in [0.3, 0.4) is 0 Å². The summed E-state index contributed by atoms with van der Waals surface area (Å²) in [7, 11) is 0. The number of nitrogens with zero attached hydrogens (tertiary/aromatic N) is 4. The number of furan rings is 3. The van der Waals surface area contributed by atoms with E-state index in [-0.39, 0.29) is 0 Å². The molecule has 7 nitrogen and oxygen atoms in total. The molecule has 7 heteroatoms. The first-order chi connectivity index (χ1) is 30.7. The molecule has 0 N–H and O–H groups in total. The third-order valence-corrected chi connectivity index (χ3v) is 12.6. The van der Waals surface area contributed by atoms with Crippen LogP contribution in [0.4, 0.5) is 0 Å². The van der Waals surface area contributed by atoms with Crippen LogP contribution < -0.4 is 0 Å². The van der Waals surface area contributed by atoms with Crippen molar-refractivity contribution in [2.75, 3.05) is 0 Å². The van der Waals surface area contributed by atoms with Gasteiger partial charge in [0, 0.05) is 43.3 Å². The summed E-state index contributed by atoms with van der Waals surface area (Å²) in [5.41, 5.74) is 11.1. The lowest BCUT2D eigenvalue weighted by atomic mass is 9.94. The second-order valence-corrected chi connectivity index (χ2v) is 16.0. The molecular weight excluding hydrogens is 765 g/mol. The predicted octanol–water partition coefficient (Wildman–Crippen LogP) is 14.8. The second-order valence-electron chi connectivity index (χ2n) is 16.0. The molecule has 0 saturated heterocycles. The van der Waals surface area contributed by atoms with E-state index in [2.05, 4.69) is 120 Å². The average molecular weight is 793 g/mol. The van der Waals surface area contributed by atoms with Crippen molar-refractivity contribution in [3.63, 3.8) is 0 Å². The number of aromatic nitrogens is 3. The fourth-order valence-electron chi connectivity index (χ4n) is 9.78. The second kappa shape index (κ2) is 12.2. The van der Waals surface area contributed by atoms with E-state index in [1.165, 1.54) is 0 Å². The van der Waals surface area contributed by atoms with Gasteiger partial charge >= 0.3 is 0 Å². The minimum atomic E-state index is 0.438. The number of fused-ring (bicyclic) bond motifs is 17. The van der Waals surface area contributed by atoms with E-state index in [0.717, 1.165) is 109 Å². The Labute approximate surface area is 350 Å². The Hall–Kier alpha value is -8.73. The van der Waals surface area contributed by atoms with Crippen LogP contribution in [0.2, 0.25) is 0 Å². The summed E-state index contributed by atoms with van der Waals surface area (Å²) in [4.78, 5) is 10.8. The molecule has 0 amide bonds. The summed E-state index contributed by atoms with van der Waals surface area (Å²) in [5, 5.41) is 21.4. The molecule has 5 heterocycles. The van der Waals surface area contributed by atoms with Crippen LogP contribution in [0.5, 0.6) is 0 Å². The van der Waals surface area contributed by atoms with E-state index in [1.54, 1.807) is 0 Å². The van der Waals surface area contributed by atoms with E-state index in [0.29, 0.717) is 33.9 Å². The van der Waals surface area contributed by atoms with Crippen molar-refractivity contribution in [2.24, 2.45) is 0 Å². The van der Waals surface area contributed by atoms with Gasteiger partial charge in [-0.25, -0.2) is 9.97 Å². The molecular formula is C55H28N4O3. The average Bonchev–Trinajstić information content (AvgIpc) is 4.09. The molecule has 14 aromatic rings. The summed E-state index contributed by atoms with van der Waals surface area (Å²) in [6.07, 6.45) is 0. The normalized spacial score (nSPS) is 12.2. The van der Waals surface area contributed by atoms with Gasteiger partial charge in [-0.1, -0.05) is 103 Å². The Bertz CT molecular complexity index is 4290. The highest BCUT2D eigenvalue weighted by molar-refractivity contribution is 6.36. The highest BCUT2D eigenvalue weighted by Gasteiger charge is 2.27. The minimum absolute atomic E-state index is 0.438. The summed E-state index contributed by atoms with van der Waals surface area (Å²) >= 11 is 0. The van der Waals surface area contributed by atoms with Crippen LogP contribution in [0.1, 0.15) is 5.56 Å². The van der Waals surface area contributed by atoms with Crippen LogP contribution in [-0.4, -0.2) is 14.5 Å². The fraction of sp³-hybridized carbons (Fsp3) is 0. The van der Waals surface area contributed by atoms with Gasteiger partial charge in [-0.2, -0.15) is 5.26 Å². The van der Waals surface area contributed by atoms with Crippen LogP contribution >= 0.6 is 0 Å². The molecule has 0 saturated carbocycles. The third-order valence-electron chi connectivity index (χ3n) is 12.6. The van der Waals surface area contributed by atoms with E-state index in [9.17, 15) is 5.26 Å². The summed E-state index contributed by atoms with van der Waals surface area (Å²) in [6, 6.07) is 60.5. The van der Waals surface area contributed by atoms with Crippen LogP contribution in [-0.2, 0) is 0 Å². The maximum absolute atomic E-state index is 9.73. The fourth-order valence-corrected chi connectivity index (χ4v) is 9.78. The zero-order chi connectivity index (χ0) is 40.6. The lowest BCUT2D eigenvalue weighted by molar-refractivity contribution is 0.653. The molecule has 0 fully saturated rings. The van der Waals surface area contributed by atoms with E-state index < -0.39 is 0 Å². The monoisotopic (exact) mass is 792 g/mol. The van der Waals surface area contributed by atoms with Gasteiger partial charge in [0.05, 0.1) is 22.7 Å². The maximum Gasteiger partial charge on any atom is 0.247 e. The first-order valence-electron chi connectivity index (χ1n) is 20.5. The lowest BCUT2D eigenvalue weighted by Crippen LogP contribution is -2.03. The molecule has 0 atom stereocenters. The first kappa shape index (κ1) is 33.1. The van der Waals surface area contributed by atoms with Gasteiger partial charge in [0.25, 0.3) is 0 Å². The van der Waals surface area contributed by atoms with Crippen LogP contribution in [0, 0.1) is 11.3 Å². The molecule has 0 spiro atoms. The standard InChI is InChI=1S/C55H28N4O3/c56-29-30-17-19-31(20-18-30)50-54(57-51-39-13-5-8-16-45(39)62-55(51)58-50)59-43-14-6-3-12-38(43)48-41-26-34(35-22-24-46-40(25-35)36-11-4-7-15-44(36)60-46)21-23-37(41)49-42-27-32-9-1-2-10-33(32)28-47(42)61-53(49)52(48)59/h1-28H. The Balaban J connectivity index is 1.17. The lowest BCUT2D eigenvalue weighted by Gasteiger charge is -2.13. The summed E-state index contributed by atoms with van der Waals surface area (Å²) in [5.74, 6) is 0.625. The van der Waals surface area contributed by atoms with Crippen molar-refractivity contribution >= 4 is 109 Å². The van der Waals surface area contributed by atoms with Crippen molar-refractivity contribution in [2.45, 2.75) is 0 Å². The first-order valence-corrected chi connectivity index (χ1v) is 20.5. The Morgan fingerprint density at radius 1 is 0.452 bits per heavy atom. The van der Waals surface area contributed by atoms with Gasteiger partial charge in [0.2, 0.25) is 5.71 Å². The van der Waals surface area contributed by atoms with Gasteiger partial charge in [-0.15, -0.1) is 0 Å². The quantitative estimate of drug-likeness (QED) is 0.177. The molecule has 0 aliphatic heterocycles. The molecule has 0 radical (unpaired) electrons. The smallest absolute Gasteiger partial charge is 0.247 e. The molecule has 9 aromatic carbocycles. The van der Waals surface area contributed by atoms with Gasteiger partial charge < -0.3 is 13.3 Å². The number of para-hydroxylation sites is 3. The third kappa shape index (κ3) is 4.52. The zero-order valence-corrected chi connectivity index (χ0v) is 32.7. The summed E-state index contributed by atoms with van der Waals surface area (Å²) in [6.45, 7) is 0. The number of hydrogen-bond donors (Lipinski definition) is 0. The molecule has 5 aromatic heterocycles. The van der Waals surface area contributed by atoms with Gasteiger partial charge in [0.15, 0.2) is 11.4 Å². The Morgan fingerprint density at radius 3 is 1.94 bits per heavy atom. The zero-order valence-electron chi connectivity index (χ0n) is 32.7. The topological polar surface area (TPSA) is 93.9 Å². The van der Waals surface area contributed by atoms with E-state index >= 15 is 0 Å². The Morgan fingerprint density at radius 2 is 1.11 bits per heavy atom. The van der Waals surface area contributed by atoms with Gasteiger partial charge in [-0.05, 0) is 99.4 Å². The number of rotatable bonds is 3. The SMILES string of the molecule is N#Cc1ccc(-c2nc3oc4ccccc4c3nc2-n2c3ccccc3c3c4cc(-c5ccc6oc7ccccc7c6c5)ccc4c4c5cc6ccccc6cc5oc4c32)cc1. The molecule has 286 valence electrons. The van der Waals surface area contributed by atoms with Crippen molar-refractivity contribution in [1.82, 2.24) is 14.5 Å². The van der Waals surface area contributed by atoms with Crippen molar-refractivity contribution < 1.29 is 13.3 Å². The van der Waals surface area contributed by atoms with Crippen LogP contribution in [0.15, 0.2) is 183 Å². The summed E-state index contributed by atoms with van der Waals surface area (Å²) < 4.78 is 22.0. The molecule has 14 rings (SSSR count). The number of hydrogen-bond acceptors (Lipinski definition) is 6. The van der Waals surface area contributed by atoms with Crippen molar-refractivity contribution in [3.8, 4) is 34.3 Å². The molecule has 62 heavy (non-hydrogen) atoms. The number of benzene rings is 9. The minimum Gasteiger partial charge on any atom is -0.456 e. The van der Waals surface area contributed by atoms with E-state index in [4.69, 9.17) is 23.2 Å². The van der Waals surface area contributed by atoms with Crippen LogP contribution in [0.25, 0.3) is 138 Å². The molecule has 0 unspecified atom stereocenters. The molecule has 0 bridgehead atoms. The number of nitriles is 1. The highest BCUT2D eigenvalue weighted by Crippen LogP contribution is 2.48. The van der Waals surface area contributed by atoms with E-state index in [1.807, 2.05) is 60.7 Å². The van der Waals surface area contributed by atoms with Gasteiger partial charge in [-0.3, -0.25) is 4.57 Å². The predicted molar refractivity (Wildman–Crippen MR) is 249 cm³/mol. The highest BCUT2D eigenvalue weighted by atomic mass is 16.3. The maximum atomic E-state index is 9.73.